The van der Waals surface area contributed by atoms with E-state index < -0.39 is 0 Å². The molecular formula is C18H21NO. The van der Waals surface area contributed by atoms with E-state index in [0.717, 1.165) is 24.5 Å². The Morgan fingerprint density at radius 1 is 0.950 bits per heavy atom. The summed E-state index contributed by atoms with van der Waals surface area (Å²) in [6, 6.07) is 17.3. The van der Waals surface area contributed by atoms with Crippen LogP contribution in [0.15, 0.2) is 48.5 Å². The van der Waals surface area contributed by atoms with Gasteiger partial charge in [-0.25, -0.2) is 0 Å². The first kappa shape index (κ1) is 13.2. The van der Waals surface area contributed by atoms with E-state index in [1.54, 1.807) is 0 Å². The number of aryl methyl sites for hydroxylation is 1. The topological polar surface area (TPSA) is 21.3 Å². The lowest BCUT2D eigenvalue weighted by atomic mass is 10.1. The largest absolute Gasteiger partial charge is 0.457 e. The van der Waals surface area contributed by atoms with Gasteiger partial charge in [0.2, 0.25) is 0 Å². The summed E-state index contributed by atoms with van der Waals surface area (Å²) in [4.78, 5) is 0. The molecule has 0 spiro atoms. The maximum Gasteiger partial charge on any atom is 0.131 e. The molecule has 2 nitrogen and oxygen atoms in total. The third-order valence-corrected chi connectivity index (χ3v) is 3.70. The molecule has 2 heteroatoms. The molecule has 0 radical (unpaired) electrons. The molecule has 0 unspecified atom stereocenters. The molecule has 0 aromatic heterocycles. The summed E-state index contributed by atoms with van der Waals surface area (Å²) in [7, 11) is 0. The lowest BCUT2D eigenvalue weighted by molar-refractivity contribution is 0.467. The molecule has 20 heavy (non-hydrogen) atoms. The van der Waals surface area contributed by atoms with Crippen molar-refractivity contribution < 1.29 is 4.74 Å². The first-order chi connectivity index (χ1) is 9.86. The van der Waals surface area contributed by atoms with Gasteiger partial charge in [-0.15, -0.1) is 0 Å². The minimum absolute atomic E-state index is 0.714. The van der Waals surface area contributed by atoms with Gasteiger partial charge >= 0.3 is 0 Å². The van der Waals surface area contributed by atoms with Crippen molar-refractivity contribution in [1.82, 2.24) is 5.32 Å². The Hall–Kier alpha value is -1.80. The SMILES string of the molecule is CCc1ccccc1Oc1ccccc1CNC1CC1. The van der Waals surface area contributed by atoms with Gasteiger partial charge in [0.05, 0.1) is 0 Å². The number of ether oxygens (including phenoxy) is 1. The fourth-order valence-corrected chi connectivity index (χ4v) is 2.31. The number of hydrogen-bond acceptors (Lipinski definition) is 2. The molecule has 0 aliphatic heterocycles. The smallest absolute Gasteiger partial charge is 0.131 e. The number of rotatable bonds is 6. The molecule has 1 aliphatic carbocycles. The van der Waals surface area contributed by atoms with E-state index in [4.69, 9.17) is 4.74 Å². The first-order valence-electron chi connectivity index (χ1n) is 7.44. The van der Waals surface area contributed by atoms with Gasteiger partial charge in [0.15, 0.2) is 0 Å². The normalized spacial score (nSPS) is 14.2. The Bertz CT molecular complexity index is 575. The van der Waals surface area contributed by atoms with E-state index in [0.29, 0.717) is 6.04 Å². The predicted molar refractivity (Wildman–Crippen MR) is 82.2 cm³/mol. The van der Waals surface area contributed by atoms with Crippen molar-refractivity contribution in [2.45, 2.75) is 38.8 Å². The molecule has 1 saturated carbocycles. The quantitative estimate of drug-likeness (QED) is 0.843. The molecule has 2 aromatic carbocycles. The van der Waals surface area contributed by atoms with Crippen LogP contribution in [0, 0.1) is 0 Å². The minimum Gasteiger partial charge on any atom is -0.457 e. The van der Waals surface area contributed by atoms with Crippen LogP contribution in [0.4, 0.5) is 0 Å². The van der Waals surface area contributed by atoms with Crippen molar-refractivity contribution in [3.8, 4) is 11.5 Å². The average molecular weight is 267 g/mol. The van der Waals surface area contributed by atoms with E-state index in [-0.39, 0.29) is 0 Å². The molecule has 1 aliphatic rings. The van der Waals surface area contributed by atoms with Crippen LogP contribution in [-0.2, 0) is 13.0 Å². The van der Waals surface area contributed by atoms with Crippen molar-refractivity contribution in [1.29, 1.82) is 0 Å². The van der Waals surface area contributed by atoms with Gasteiger partial charge in [-0.1, -0.05) is 43.3 Å². The first-order valence-corrected chi connectivity index (χ1v) is 7.44. The van der Waals surface area contributed by atoms with Crippen LogP contribution < -0.4 is 10.1 Å². The molecule has 0 amide bonds. The van der Waals surface area contributed by atoms with E-state index in [1.807, 2.05) is 18.2 Å². The second-order valence-electron chi connectivity index (χ2n) is 5.33. The third-order valence-electron chi connectivity index (χ3n) is 3.70. The highest BCUT2D eigenvalue weighted by Crippen LogP contribution is 2.29. The van der Waals surface area contributed by atoms with Gasteiger partial charge in [0.1, 0.15) is 11.5 Å². The van der Waals surface area contributed by atoms with E-state index in [2.05, 4.69) is 42.6 Å². The molecule has 1 N–H and O–H groups in total. The zero-order valence-electron chi connectivity index (χ0n) is 11.9. The summed E-state index contributed by atoms with van der Waals surface area (Å²) in [6.45, 7) is 3.04. The van der Waals surface area contributed by atoms with Crippen LogP contribution in [0.1, 0.15) is 30.9 Å². The van der Waals surface area contributed by atoms with Crippen LogP contribution in [0.25, 0.3) is 0 Å². The van der Waals surface area contributed by atoms with Crippen molar-refractivity contribution in [3.63, 3.8) is 0 Å². The Morgan fingerprint density at radius 2 is 1.55 bits per heavy atom. The summed E-state index contributed by atoms with van der Waals surface area (Å²) >= 11 is 0. The highest BCUT2D eigenvalue weighted by Gasteiger charge is 2.20. The van der Waals surface area contributed by atoms with Gasteiger partial charge in [-0.3, -0.25) is 0 Å². The zero-order valence-corrected chi connectivity index (χ0v) is 11.9. The Balaban J connectivity index is 1.78. The molecule has 104 valence electrons. The fraction of sp³-hybridized carbons (Fsp3) is 0.333. The van der Waals surface area contributed by atoms with Crippen LogP contribution in [0.3, 0.4) is 0 Å². The maximum atomic E-state index is 6.14. The van der Waals surface area contributed by atoms with Crippen molar-refractivity contribution in [2.24, 2.45) is 0 Å². The van der Waals surface area contributed by atoms with E-state index in [9.17, 15) is 0 Å². The zero-order chi connectivity index (χ0) is 13.8. The predicted octanol–water partition coefficient (Wildman–Crippen LogP) is 4.29. The van der Waals surface area contributed by atoms with E-state index >= 15 is 0 Å². The number of benzene rings is 2. The minimum atomic E-state index is 0.714. The molecule has 0 heterocycles. The lowest BCUT2D eigenvalue weighted by Crippen LogP contribution is -2.15. The van der Waals surface area contributed by atoms with Crippen LogP contribution in [0.2, 0.25) is 0 Å². The van der Waals surface area contributed by atoms with Gasteiger partial charge in [-0.05, 0) is 37.0 Å². The Kier molecular flexibility index (Phi) is 4.03. The molecule has 1 fully saturated rings. The highest BCUT2D eigenvalue weighted by molar-refractivity contribution is 5.41. The molecular weight excluding hydrogens is 246 g/mol. The molecule has 0 saturated heterocycles. The second kappa shape index (κ2) is 6.10. The van der Waals surface area contributed by atoms with Gasteiger partial charge < -0.3 is 10.1 Å². The van der Waals surface area contributed by atoms with Crippen LogP contribution in [0.5, 0.6) is 11.5 Å². The summed E-state index contributed by atoms with van der Waals surface area (Å²) in [5, 5.41) is 3.55. The fourth-order valence-electron chi connectivity index (χ4n) is 2.31. The maximum absolute atomic E-state index is 6.14. The van der Waals surface area contributed by atoms with Crippen molar-refractivity contribution >= 4 is 0 Å². The second-order valence-corrected chi connectivity index (χ2v) is 5.33. The van der Waals surface area contributed by atoms with Crippen molar-refractivity contribution in [2.75, 3.05) is 0 Å². The average Bonchev–Trinajstić information content (AvgIpc) is 3.31. The Labute approximate surface area is 120 Å². The molecule has 0 atom stereocenters. The van der Waals surface area contributed by atoms with E-state index in [1.165, 1.54) is 24.0 Å². The van der Waals surface area contributed by atoms with Gasteiger partial charge in [-0.2, -0.15) is 0 Å². The van der Waals surface area contributed by atoms with Gasteiger partial charge in [0, 0.05) is 18.2 Å². The highest BCUT2D eigenvalue weighted by atomic mass is 16.5. The lowest BCUT2D eigenvalue weighted by Gasteiger charge is -2.14. The molecule has 0 bridgehead atoms. The van der Waals surface area contributed by atoms with Crippen LogP contribution >= 0.6 is 0 Å². The standard InChI is InChI=1S/C18H21NO/c1-2-14-7-3-5-9-17(14)20-18-10-6-4-8-15(18)13-19-16-11-12-16/h3-10,16,19H,2,11-13H2,1H3. The third kappa shape index (κ3) is 3.20. The molecule has 2 aromatic rings. The summed E-state index contributed by atoms with van der Waals surface area (Å²) < 4.78 is 6.14. The number of nitrogens with one attached hydrogen (secondary N) is 1. The van der Waals surface area contributed by atoms with Crippen molar-refractivity contribution in [3.05, 3.63) is 59.7 Å². The number of hydrogen-bond donors (Lipinski definition) is 1. The van der Waals surface area contributed by atoms with Crippen LogP contribution in [-0.4, -0.2) is 6.04 Å². The van der Waals surface area contributed by atoms with Gasteiger partial charge in [0.25, 0.3) is 0 Å². The monoisotopic (exact) mass is 267 g/mol. The molecule has 3 rings (SSSR count). The summed E-state index contributed by atoms with van der Waals surface area (Å²) in [5.41, 5.74) is 2.47. The summed E-state index contributed by atoms with van der Waals surface area (Å²) in [5.74, 6) is 1.93. The summed E-state index contributed by atoms with van der Waals surface area (Å²) in [6.07, 6.45) is 3.60. The number of para-hydroxylation sites is 2. The Morgan fingerprint density at radius 3 is 2.20 bits per heavy atom.